The van der Waals surface area contributed by atoms with Gasteiger partial charge in [-0.3, -0.25) is 20.6 Å². The van der Waals surface area contributed by atoms with Crippen LogP contribution in [0.4, 0.5) is 4.39 Å². The molecule has 1 aliphatic heterocycles. The van der Waals surface area contributed by atoms with Gasteiger partial charge >= 0.3 is 0 Å². The number of carbonyl (C=O) groups excluding carboxylic acids is 1. The number of benzene rings is 2. The van der Waals surface area contributed by atoms with E-state index < -0.39 is 0 Å². The summed E-state index contributed by atoms with van der Waals surface area (Å²) in [4.78, 5) is 19.4. The Labute approximate surface area is 210 Å². The van der Waals surface area contributed by atoms with Gasteiger partial charge in [-0.15, -0.1) is 0 Å². The number of pyridine rings is 1. The van der Waals surface area contributed by atoms with E-state index in [-0.39, 0.29) is 23.8 Å². The summed E-state index contributed by atoms with van der Waals surface area (Å²) in [5.41, 5.74) is 10.4. The summed E-state index contributed by atoms with van der Waals surface area (Å²) in [5, 5.41) is 4.72. The highest BCUT2D eigenvalue weighted by Crippen LogP contribution is 2.26. The Balaban J connectivity index is 1.23. The Morgan fingerprint density at radius 2 is 1.97 bits per heavy atom. The first-order chi connectivity index (χ1) is 17.6. The zero-order valence-electron chi connectivity index (χ0n) is 20.1. The highest BCUT2D eigenvalue weighted by Gasteiger charge is 2.26. The third kappa shape index (κ3) is 5.35. The second kappa shape index (κ2) is 10.8. The SMILES string of the molecule is CN(CCCC1CC(c2cccc(F)c2)NN1)C(=O)c1cn(-c2ccccc2)nc1-c1cccnc1. The second-order valence-corrected chi connectivity index (χ2v) is 9.11. The largest absolute Gasteiger partial charge is 0.342 e. The van der Waals surface area contributed by atoms with E-state index in [0.717, 1.165) is 36.1 Å². The van der Waals surface area contributed by atoms with Crippen LogP contribution in [0.3, 0.4) is 0 Å². The molecule has 2 atom stereocenters. The molecule has 2 aromatic heterocycles. The van der Waals surface area contributed by atoms with Crippen molar-refractivity contribution in [3.63, 3.8) is 0 Å². The van der Waals surface area contributed by atoms with E-state index in [4.69, 9.17) is 5.10 Å². The molecule has 184 valence electrons. The minimum absolute atomic E-state index is 0.0776. The third-order valence-corrected chi connectivity index (χ3v) is 6.53. The molecule has 2 unspecified atom stereocenters. The molecule has 0 saturated carbocycles. The monoisotopic (exact) mass is 484 g/mol. The van der Waals surface area contributed by atoms with E-state index in [1.54, 1.807) is 40.3 Å². The normalized spacial score (nSPS) is 17.3. The van der Waals surface area contributed by atoms with E-state index in [2.05, 4.69) is 15.8 Å². The highest BCUT2D eigenvalue weighted by atomic mass is 19.1. The number of hydrogen-bond acceptors (Lipinski definition) is 5. The van der Waals surface area contributed by atoms with Crippen molar-refractivity contribution >= 4 is 5.91 Å². The van der Waals surface area contributed by atoms with Crippen LogP contribution in [-0.4, -0.2) is 45.2 Å². The lowest BCUT2D eigenvalue weighted by molar-refractivity contribution is 0.0792. The minimum atomic E-state index is -0.223. The molecule has 0 aliphatic carbocycles. The maximum atomic E-state index is 13.6. The lowest BCUT2D eigenvalue weighted by atomic mass is 9.99. The second-order valence-electron chi connectivity index (χ2n) is 9.11. The van der Waals surface area contributed by atoms with E-state index in [0.29, 0.717) is 17.8 Å². The van der Waals surface area contributed by atoms with E-state index >= 15 is 0 Å². The molecule has 0 radical (unpaired) electrons. The standard InChI is InChI=1S/C28H29FN6O/c1-34(15-7-11-23-17-26(32-31-23)20-8-5-10-22(29)16-20)28(36)25-19-35(24-12-3-2-4-13-24)33-27(25)21-9-6-14-30-18-21/h2-6,8-10,12-14,16,18-19,23,26,31-32H,7,11,15,17H2,1H3. The maximum Gasteiger partial charge on any atom is 0.257 e. The van der Waals surface area contributed by atoms with Crippen LogP contribution < -0.4 is 10.9 Å². The van der Waals surface area contributed by atoms with Crippen LogP contribution in [0.15, 0.2) is 85.3 Å². The zero-order valence-corrected chi connectivity index (χ0v) is 20.1. The smallest absolute Gasteiger partial charge is 0.257 e. The molecule has 4 aromatic rings. The average Bonchev–Trinajstić information content (AvgIpc) is 3.57. The summed E-state index contributed by atoms with van der Waals surface area (Å²) < 4.78 is 15.3. The molecule has 2 N–H and O–H groups in total. The molecule has 1 saturated heterocycles. The van der Waals surface area contributed by atoms with Crippen molar-refractivity contribution in [2.24, 2.45) is 0 Å². The van der Waals surface area contributed by atoms with Crippen LogP contribution in [0.5, 0.6) is 0 Å². The van der Waals surface area contributed by atoms with Gasteiger partial charge in [-0.05, 0) is 61.2 Å². The van der Waals surface area contributed by atoms with Crippen molar-refractivity contribution in [2.75, 3.05) is 13.6 Å². The summed E-state index contributed by atoms with van der Waals surface area (Å²) >= 11 is 0. The fraction of sp³-hybridized carbons (Fsp3) is 0.250. The number of rotatable bonds is 8. The first-order valence-electron chi connectivity index (χ1n) is 12.2. The van der Waals surface area contributed by atoms with Crippen LogP contribution >= 0.6 is 0 Å². The van der Waals surface area contributed by atoms with Crippen molar-refractivity contribution < 1.29 is 9.18 Å². The van der Waals surface area contributed by atoms with Crippen LogP contribution in [0.1, 0.15) is 41.2 Å². The number of para-hydroxylation sites is 1. The molecule has 2 aromatic carbocycles. The third-order valence-electron chi connectivity index (χ3n) is 6.53. The molecule has 3 heterocycles. The predicted octanol–water partition coefficient (Wildman–Crippen LogP) is 4.53. The molecule has 1 amide bonds. The molecule has 0 spiro atoms. The van der Waals surface area contributed by atoms with Crippen molar-refractivity contribution in [3.05, 3.63) is 102 Å². The number of aromatic nitrogens is 3. The summed E-state index contributed by atoms with van der Waals surface area (Å²) in [6.07, 6.45) is 7.83. The van der Waals surface area contributed by atoms with Crippen LogP contribution in [0.25, 0.3) is 16.9 Å². The summed E-state index contributed by atoms with van der Waals surface area (Å²) in [6.45, 7) is 0.616. The van der Waals surface area contributed by atoms with Crippen molar-refractivity contribution in [3.8, 4) is 16.9 Å². The predicted molar refractivity (Wildman–Crippen MR) is 137 cm³/mol. The lowest BCUT2D eigenvalue weighted by Gasteiger charge is -2.18. The van der Waals surface area contributed by atoms with E-state index in [1.165, 1.54) is 6.07 Å². The number of amides is 1. The number of hydrogen-bond donors (Lipinski definition) is 2. The van der Waals surface area contributed by atoms with Crippen LogP contribution in [0.2, 0.25) is 0 Å². The number of halogens is 1. The average molecular weight is 485 g/mol. The first kappa shape index (κ1) is 23.8. The van der Waals surface area contributed by atoms with Gasteiger partial charge in [-0.25, -0.2) is 9.07 Å². The fourth-order valence-corrected chi connectivity index (χ4v) is 4.60. The molecule has 7 nitrogen and oxygen atoms in total. The molecule has 5 rings (SSSR count). The van der Waals surface area contributed by atoms with Gasteiger partial charge < -0.3 is 4.90 Å². The zero-order chi connectivity index (χ0) is 24.9. The van der Waals surface area contributed by atoms with Gasteiger partial charge in [-0.1, -0.05) is 30.3 Å². The molecule has 1 fully saturated rings. The minimum Gasteiger partial charge on any atom is -0.342 e. The Bertz CT molecular complexity index is 1310. The molecular weight excluding hydrogens is 455 g/mol. The van der Waals surface area contributed by atoms with Gasteiger partial charge in [0.05, 0.1) is 11.3 Å². The number of nitrogens with zero attached hydrogens (tertiary/aromatic N) is 4. The Morgan fingerprint density at radius 3 is 2.75 bits per heavy atom. The fourth-order valence-electron chi connectivity index (χ4n) is 4.60. The van der Waals surface area contributed by atoms with E-state index in [1.807, 2.05) is 55.6 Å². The molecule has 1 aliphatic rings. The van der Waals surface area contributed by atoms with Gasteiger partial charge in [-0.2, -0.15) is 5.10 Å². The van der Waals surface area contributed by atoms with Gasteiger partial charge in [0.25, 0.3) is 5.91 Å². The van der Waals surface area contributed by atoms with E-state index in [9.17, 15) is 9.18 Å². The maximum absolute atomic E-state index is 13.6. The van der Waals surface area contributed by atoms with Gasteiger partial charge in [0, 0.05) is 49.8 Å². The van der Waals surface area contributed by atoms with Crippen LogP contribution in [-0.2, 0) is 0 Å². The molecule has 0 bridgehead atoms. The van der Waals surface area contributed by atoms with Crippen molar-refractivity contribution in [1.82, 2.24) is 30.5 Å². The Morgan fingerprint density at radius 1 is 1.11 bits per heavy atom. The van der Waals surface area contributed by atoms with Gasteiger partial charge in [0.2, 0.25) is 0 Å². The van der Waals surface area contributed by atoms with Gasteiger partial charge in [0.1, 0.15) is 11.5 Å². The Hall–Kier alpha value is -3.88. The molecule has 8 heteroatoms. The number of hydrazine groups is 1. The quantitative estimate of drug-likeness (QED) is 0.384. The lowest BCUT2D eigenvalue weighted by Crippen LogP contribution is -2.32. The summed E-state index contributed by atoms with van der Waals surface area (Å²) in [7, 11) is 1.82. The van der Waals surface area contributed by atoms with Crippen LogP contribution in [0, 0.1) is 5.82 Å². The Kier molecular flexibility index (Phi) is 7.16. The number of carbonyl (C=O) groups is 1. The number of nitrogens with one attached hydrogen (secondary N) is 2. The van der Waals surface area contributed by atoms with Gasteiger partial charge in [0.15, 0.2) is 0 Å². The summed E-state index contributed by atoms with van der Waals surface area (Å²) in [5.74, 6) is -0.301. The van der Waals surface area contributed by atoms with Crippen molar-refractivity contribution in [2.45, 2.75) is 31.3 Å². The first-order valence-corrected chi connectivity index (χ1v) is 12.2. The molecular formula is C28H29FN6O. The topological polar surface area (TPSA) is 75.1 Å². The summed E-state index contributed by atoms with van der Waals surface area (Å²) in [6, 6.07) is 20.5. The molecule has 36 heavy (non-hydrogen) atoms. The van der Waals surface area contributed by atoms with Crippen molar-refractivity contribution in [1.29, 1.82) is 0 Å². The highest BCUT2D eigenvalue weighted by molar-refractivity contribution is 5.99.